The van der Waals surface area contributed by atoms with E-state index in [1.807, 2.05) is 7.05 Å². The summed E-state index contributed by atoms with van der Waals surface area (Å²) >= 11 is 0. The van der Waals surface area contributed by atoms with Crippen LogP contribution in [0.4, 0.5) is 0 Å². The van der Waals surface area contributed by atoms with Crippen LogP contribution in [-0.2, 0) is 11.2 Å². The number of methoxy groups -OCH3 is 1. The van der Waals surface area contributed by atoms with Gasteiger partial charge in [-0.2, -0.15) is 0 Å². The van der Waals surface area contributed by atoms with Gasteiger partial charge in [-0.25, -0.2) is 0 Å². The van der Waals surface area contributed by atoms with Crippen molar-refractivity contribution in [2.24, 2.45) is 10.9 Å². The number of aliphatic imine (C=N–C) groups is 1. The van der Waals surface area contributed by atoms with E-state index >= 15 is 0 Å². The zero-order valence-electron chi connectivity index (χ0n) is 17.2. The van der Waals surface area contributed by atoms with Crippen molar-refractivity contribution >= 4 is 29.9 Å². The van der Waals surface area contributed by atoms with Crippen molar-refractivity contribution in [1.82, 2.24) is 15.1 Å². The van der Waals surface area contributed by atoms with Gasteiger partial charge >= 0.3 is 0 Å². The summed E-state index contributed by atoms with van der Waals surface area (Å²) in [5.41, 5.74) is 1.46. The average molecular weight is 488 g/mol. The molecule has 0 amide bonds. The number of benzene rings is 1. The lowest BCUT2D eigenvalue weighted by Gasteiger charge is -2.34. The lowest BCUT2D eigenvalue weighted by Crippen LogP contribution is -2.46. The highest BCUT2D eigenvalue weighted by Crippen LogP contribution is 2.21. The summed E-state index contributed by atoms with van der Waals surface area (Å²) in [5, 5.41) is 3.53. The van der Waals surface area contributed by atoms with E-state index in [2.05, 4.69) is 57.5 Å². The van der Waals surface area contributed by atoms with Gasteiger partial charge in [-0.3, -0.25) is 4.99 Å². The molecule has 27 heavy (non-hydrogen) atoms. The summed E-state index contributed by atoms with van der Waals surface area (Å²) in [6, 6.07) is 10.9. The van der Waals surface area contributed by atoms with E-state index < -0.39 is 0 Å². The monoisotopic (exact) mass is 488 g/mol. The molecular weight excluding hydrogens is 451 g/mol. The first-order valence-corrected chi connectivity index (χ1v) is 9.90. The fourth-order valence-electron chi connectivity index (χ4n) is 3.54. The number of guanidine groups is 1. The van der Waals surface area contributed by atoms with Gasteiger partial charge in [0, 0.05) is 40.3 Å². The quantitative estimate of drug-likeness (QED) is 0.251. The summed E-state index contributed by atoms with van der Waals surface area (Å²) < 4.78 is 5.12. The molecule has 0 radical (unpaired) electrons. The van der Waals surface area contributed by atoms with Gasteiger partial charge in [-0.05, 0) is 50.8 Å². The summed E-state index contributed by atoms with van der Waals surface area (Å²) in [6.07, 6.45) is 4.81. The zero-order chi connectivity index (χ0) is 18.6. The van der Waals surface area contributed by atoms with Crippen LogP contribution >= 0.6 is 24.0 Å². The standard InChI is InChI=1S/C21H36N4O.HI/c1-22-21(23-12-7-13-24(2)16-17-26-3)25-14-10-20(11-15-25)18-19-8-5-4-6-9-19;/h4-6,8-9,20H,7,10-18H2,1-3H3,(H,22,23);1H. The molecule has 1 aromatic carbocycles. The Hall–Kier alpha value is -0.860. The SMILES string of the molecule is CN=C(NCCCN(C)CCOC)N1CCC(Cc2ccccc2)CC1.I. The molecule has 1 aromatic rings. The Kier molecular flexibility index (Phi) is 12.7. The van der Waals surface area contributed by atoms with Crippen LogP contribution in [0.1, 0.15) is 24.8 Å². The Balaban J connectivity index is 0.00000364. The third-order valence-corrected chi connectivity index (χ3v) is 5.17. The fourth-order valence-corrected chi connectivity index (χ4v) is 3.54. The molecule has 0 atom stereocenters. The van der Waals surface area contributed by atoms with E-state index in [1.54, 1.807) is 7.11 Å². The summed E-state index contributed by atoms with van der Waals surface area (Å²) in [5.74, 6) is 1.85. The molecule has 2 rings (SSSR count). The maximum absolute atomic E-state index is 5.12. The molecule has 6 heteroatoms. The number of hydrogen-bond donors (Lipinski definition) is 1. The van der Waals surface area contributed by atoms with Crippen LogP contribution in [0, 0.1) is 5.92 Å². The minimum Gasteiger partial charge on any atom is -0.383 e. The lowest BCUT2D eigenvalue weighted by atomic mass is 9.90. The molecule has 154 valence electrons. The number of likely N-dealkylation sites (N-methyl/N-ethyl adjacent to an activating group) is 1. The van der Waals surface area contributed by atoms with E-state index in [9.17, 15) is 0 Å². The predicted octanol–water partition coefficient (Wildman–Crippen LogP) is 3.10. The van der Waals surface area contributed by atoms with Gasteiger partial charge < -0.3 is 19.9 Å². The van der Waals surface area contributed by atoms with E-state index in [0.29, 0.717) is 0 Å². The van der Waals surface area contributed by atoms with Crippen molar-refractivity contribution in [2.45, 2.75) is 25.7 Å². The number of likely N-dealkylation sites (tertiary alicyclic amines) is 1. The molecule has 0 bridgehead atoms. The highest BCUT2D eigenvalue weighted by atomic mass is 127. The summed E-state index contributed by atoms with van der Waals surface area (Å²) in [4.78, 5) is 9.21. The molecule has 0 saturated carbocycles. The lowest BCUT2D eigenvalue weighted by molar-refractivity contribution is 0.161. The Morgan fingerprint density at radius 3 is 2.56 bits per heavy atom. The van der Waals surface area contributed by atoms with Crippen LogP contribution in [0.2, 0.25) is 0 Å². The first-order chi connectivity index (χ1) is 12.7. The topological polar surface area (TPSA) is 40.1 Å². The van der Waals surface area contributed by atoms with Crippen molar-refractivity contribution in [1.29, 1.82) is 0 Å². The minimum absolute atomic E-state index is 0. The molecular formula is C21H37IN4O. The van der Waals surface area contributed by atoms with Crippen LogP contribution in [0.25, 0.3) is 0 Å². The maximum atomic E-state index is 5.12. The van der Waals surface area contributed by atoms with Crippen molar-refractivity contribution in [3.8, 4) is 0 Å². The van der Waals surface area contributed by atoms with Gasteiger partial charge in [0.15, 0.2) is 5.96 Å². The smallest absolute Gasteiger partial charge is 0.193 e. The Morgan fingerprint density at radius 1 is 1.22 bits per heavy atom. The highest BCUT2D eigenvalue weighted by Gasteiger charge is 2.21. The van der Waals surface area contributed by atoms with Gasteiger partial charge in [0.1, 0.15) is 0 Å². The average Bonchev–Trinajstić information content (AvgIpc) is 2.68. The van der Waals surface area contributed by atoms with Crippen LogP contribution in [0.5, 0.6) is 0 Å². The van der Waals surface area contributed by atoms with Gasteiger partial charge in [-0.1, -0.05) is 30.3 Å². The molecule has 1 fully saturated rings. The first kappa shape index (κ1) is 24.2. The Labute approximate surface area is 182 Å². The summed E-state index contributed by atoms with van der Waals surface area (Å²) in [6.45, 7) is 6.03. The molecule has 1 saturated heterocycles. The van der Waals surface area contributed by atoms with Crippen molar-refractivity contribution in [3.63, 3.8) is 0 Å². The van der Waals surface area contributed by atoms with Crippen LogP contribution in [-0.4, -0.2) is 76.3 Å². The number of nitrogens with one attached hydrogen (secondary N) is 1. The number of nitrogens with zero attached hydrogens (tertiary/aromatic N) is 3. The second kappa shape index (κ2) is 14.2. The minimum atomic E-state index is 0. The zero-order valence-corrected chi connectivity index (χ0v) is 19.5. The molecule has 1 N–H and O–H groups in total. The van der Waals surface area contributed by atoms with E-state index in [1.165, 1.54) is 24.8 Å². The first-order valence-electron chi connectivity index (χ1n) is 9.90. The van der Waals surface area contributed by atoms with E-state index in [0.717, 1.165) is 57.6 Å². The number of rotatable bonds is 9. The molecule has 5 nitrogen and oxygen atoms in total. The molecule has 1 aliphatic heterocycles. The van der Waals surface area contributed by atoms with Gasteiger partial charge in [0.2, 0.25) is 0 Å². The Morgan fingerprint density at radius 2 is 1.93 bits per heavy atom. The molecule has 0 unspecified atom stereocenters. The van der Waals surface area contributed by atoms with Crippen molar-refractivity contribution in [2.75, 3.05) is 60.5 Å². The highest BCUT2D eigenvalue weighted by molar-refractivity contribution is 14.0. The molecule has 0 aliphatic carbocycles. The fraction of sp³-hybridized carbons (Fsp3) is 0.667. The van der Waals surface area contributed by atoms with E-state index in [4.69, 9.17) is 4.74 Å². The molecule has 1 aliphatic rings. The number of halogens is 1. The van der Waals surface area contributed by atoms with Crippen LogP contribution in [0.3, 0.4) is 0 Å². The van der Waals surface area contributed by atoms with Gasteiger partial charge in [0.25, 0.3) is 0 Å². The predicted molar refractivity (Wildman–Crippen MR) is 125 cm³/mol. The largest absolute Gasteiger partial charge is 0.383 e. The van der Waals surface area contributed by atoms with Gasteiger partial charge in [0.05, 0.1) is 6.61 Å². The second-order valence-corrected chi connectivity index (χ2v) is 7.24. The van der Waals surface area contributed by atoms with Crippen molar-refractivity contribution < 1.29 is 4.74 Å². The van der Waals surface area contributed by atoms with E-state index in [-0.39, 0.29) is 24.0 Å². The number of piperidine rings is 1. The second-order valence-electron chi connectivity index (χ2n) is 7.24. The number of ether oxygens (including phenoxy) is 1. The maximum Gasteiger partial charge on any atom is 0.193 e. The van der Waals surface area contributed by atoms with Gasteiger partial charge in [-0.15, -0.1) is 24.0 Å². The van der Waals surface area contributed by atoms with Crippen LogP contribution in [0.15, 0.2) is 35.3 Å². The Bertz CT molecular complexity index is 518. The van der Waals surface area contributed by atoms with Crippen LogP contribution < -0.4 is 5.32 Å². The molecule has 1 heterocycles. The third-order valence-electron chi connectivity index (χ3n) is 5.17. The third kappa shape index (κ3) is 9.25. The van der Waals surface area contributed by atoms with Crippen molar-refractivity contribution in [3.05, 3.63) is 35.9 Å². The summed E-state index contributed by atoms with van der Waals surface area (Å²) in [7, 11) is 5.79. The number of hydrogen-bond acceptors (Lipinski definition) is 3. The normalized spacial score (nSPS) is 15.7. The molecule has 0 spiro atoms. The molecule has 0 aromatic heterocycles.